The van der Waals surface area contributed by atoms with Crippen LogP contribution in [0.3, 0.4) is 0 Å². The van der Waals surface area contributed by atoms with Crippen LogP contribution in [0.4, 0.5) is 0 Å². The molecule has 1 amide bonds. The number of hydrogen-bond donors (Lipinski definition) is 1. The second-order valence-corrected chi connectivity index (χ2v) is 5.74. The van der Waals surface area contributed by atoms with Crippen LogP contribution in [0, 0.1) is 11.8 Å². The lowest BCUT2D eigenvalue weighted by atomic mass is 9.82. The maximum Gasteiger partial charge on any atom is 0.222 e. The Bertz CT molecular complexity index is 249. The normalized spacial score (nSPS) is 25.7. The Hall–Kier alpha value is -0.570. The van der Waals surface area contributed by atoms with Gasteiger partial charge >= 0.3 is 0 Å². The van der Waals surface area contributed by atoms with Crippen LogP contribution < -0.4 is 5.32 Å². The van der Waals surface area contributed by atoms with E-state index in [1.54, 1.807) is 0 Å². The van der Waals surface area contributed by atoms with Crippen LogP contribution in [0.1, 0.15) is 44.9 Å². The van der Waals surface area contributed by atoms with Gasteiger partial charge in [0.1, 0.15) is 0 Å². The van der Waals surface area contributed by atoms with E-state index in [0.717, 1.165) is 38.4 Å². The zero-order chi connectivity index (χ0) is 12.1. The summed E-state index contributed by atoms with van der Waals surface area (Å²) in [7, 11) is 2.00. The Morgan fingerprint density at radius 1 is 1.24 bits per heavy atom. The fourth-order valence-electron chi connectivity index (χ4n) is 3.01. The van der Waals surface area contributed by atoms with Gasteiger partial charge in [0.05, 0.1) is 0 Å². The molecule has 1 unspecified atom stereocenters. The van der Waals surface area contributed by atoms with Crippen LogP contribution in [0.5, 0.6) is 0 Å². The molecule has 0 radical (unpaired) electrons. The summed E-state index contributed by atoms with van der Waals surface area (Å²) < 4.78 is 0. The third-order valence-electron chi connectivity index (χ3n) is 4.36. The summed E-state index contributed by atoms with van der Waals surface area (Å²) in [6.45, 7) is 3.01. The Morgan fingerprint density at radius 3 is 2.65 bits per heavy atom. The topological polar surface area (TPSA) is 32.3 Å². The van der Waals surface area contributed by atoms with E-state index in [4.69, 9.17) is 0 Å². The zero-order valence-electron chi connectivity index (χ0n) is 11.1. The second-order valence-electron chi connectivity index (χ2n) is 5.74. The van der Waals surface area contributed by atoms with Gasteiger partial charge in [-0.3, -0.25) is 4.79 Å². The molecule has 2 fully saturated rings. The first-order chi connectivity index (χ1) is 8.29. The first-order valence-corrected chi connectivity index (χ1v) is 7.22. The molecular weight excluding hydrogens is 212 g/mol. The minimum absolute atomic E-state index is 0.401. The third kappa shape index (κ3) is 3.70. The molecule has 1 aliphatic heterocycles. The molecular formula is C14H26N2O. The molecule has 3 nitrogen and oxygen atoms in total. The summed E-state index contributed by atoms with van der Waals surface area (Å²) in [4.78, 5) is 14.2. The van der Waals surface area contributed by atoms with E-state index in [1.165, 1.54) is 32.1 Å². The lowest BCUT2D eigenvalue weighted by Crippen LogP contribution is -2.42. The smallest absolute Gasteiger partial charge is 0.222 e. The Morgan fingerprint density at radius 2 is 2.00 bits per heavy atom. The van der Waals surface area contributed by atoms with Crippen molar-refractivity contribution in [3.05, 3.63) is 0 Å². The maximum absolute atomic E-state index is 12.1. The molecule has 17 heavy (non-hydrogen) atoms. The van der Waals surface area contributed by atoms with Crippen molar-refractivity contribution in [2.75, 3.05) is 26.7 Å². The van der Waals surface area contributed by atoms with Crippen LogP contribution in [-0.2, 0) is 4.79 Å². The fraction of sp³-hybridized carbons (Fsp3) is 0.929. The van der Waals surface area contributed by atoms with Crippen LogP contribution in [0.2, 0.25) is 0 Å². The highest BCUT2D eigenvalue weighted by molar-refractivity contribution is 5.76. The van der Waals surface area contributed by atoms with Crippen molar-refractivity contribution in [1.82, 2.24) is 10.2 Å². The summed E-state index contributed by atoms with van der Waals surface area (Å²) in [5.41, 5.74) is 0. The average molecular weight is 238 g/mol. The van der Waals surface area contributed by atoms with Crippen LogP contribution >= 0.6 is 0 Å². The molecule has 0 aromatic rings. The van der Waals surface area contributed by atoms with Crippen molar-refractivity contribution in [2.45, 2.75) is 44.9 Å². The molecule has 1 saturated carbocycles. The van der Waals surface area contributed by atoms with Crippen molar-refractivity contribution in [3.8, 4) is 0 Å². The second kappa shape index (κ2) is 6.39. The maximum atomic E-state index is 12.1. The highest BCUT2D eigenvalue weighted by Gasteiger charge is 2.24. The van der Waals surface area contributed by atoms with Gasteiger partial charge in [-0.1, -0.05) is 19.3 Å². The van der Waals surface area contributed by atoms with Gasteiger partial charge in [-0.25, -0.2) is 0 Å². The highest BCUT2D eigenvalue weighted by Crippen LogP contribution is 2.30. The molecule has 0 bridgehead atoms. The molecule has 2 rings (SSSR count). The number of carbonyl (C=O) groups excluding carboxylic acids is 1. The molecule has 1 heterocycles. The van der Waals surface area contributed by atoms with E-state index < -0.39 is 0 Å². The Balaban J connectivity index is 1.69. The predicted molar refractivity (Wildman–Crippen MR) is 69.8 cm³/mol. The summed E-state index contributed by atoms with van der Waals surface area (Å²) in [6.07, 6.45) is 8.47. The van der Waals surface area contributed by atoms with Gasteiger partial charge in [0.15, 0.2) is 0 Å². The number of nitrogens with one attached hydrogen (secondary N) is 1. The van der Waals surface area contributed by atoms with Gasteiger partial charge in [-0.15, -0.1) is 0 Å². The number of nitrogens with zero attached hydrogens (tertiary/aromatic N) is 1. The first kappa shape index (κ1) is 12.9. The van der Waals surface area contributed by atoms with Crippen molar-refractivity contribution in [3.63, 3.8) is 0 Å². The number of piperidine rings is 1. The van der Waals surface area contributed by atoms with Gasteiger partial charge < -0.3 is 10.2 Å². The van der Waals surface area contributed by atoms with Gasteiger partial charge in [-0.05, 0) is 44.7 Å². The summed E-state index contributed by atoms with van der Waals surface area (Å²) >= 11 is 0. The number of rotatable bonds is 5. The molecule has 1 atom stereocenters. The van der Waals surface area contributed by atoms with E-state index in [0.29, 0.717) is 11.8 Å². The first-order valence-electron chi connectivity index (χ1n) is 7.22. The molecule has 1 N–H and O–H groups in total. The minimum atomic E-state index is 0.401. The summed E-state index contributed by atoms with van der Waals surface area (Å²) in [5.74, 6) is 1.93. The quantitative estimate of drug-likeness (QED) is 0.795. The van der Waals surface area contributed by atoms with Crippen LogP contribution in [0.15, 0.2) is 0 Å². The Kier molecular flexibility index (Phi) is 4.84. The van der Waals surface area contributed by atoms with Gasteiger partial charge in [0.25, 0.3) is 0 Å². The molecule has 0 spiro atoms. The average Bonchev–Trinajstić information content (AvgIpc) is 2.27. The molecule has 2 aliphatic rings. The van der Waals surface area contributed by atoms with E-state index in [9.17, 15) is 4.79 Å². The predicted octanol–water partition coefficient (Wildman–Crippen LogP) is 2.02. The lowest BCUT2D eigenvalue weighted by molar-refractivity contribution is -0.133. The molecule has 0 aromatic carbocycles. The van der Waals surface area contributed by atoms with Crippen molar-refractivity contribution in [1.29, 1.82) is 0 Å². The largest absolute Gasteiger partial charge is 0.342 e. The number of carbonyl (C=O) groups is 1. The number of amides is 1. The van der Waals surface area contributed by atoms with E-state index >= 15 is 0 Å². The van der Waals surface area contributed by atoms with Crippen molar-refractivity contribution in [2.24, 2.45) is 11.8 Å². The van der Waals surface area contributed by atoms with E-state index in [-0.39, 0.29) is 0 Å². The molecule has 0 aromatic heterocycles. The molecule has 1 saturated heterocycles. The molecule has 1 aliphatic carbocycles. The van der Waals surface area contributed by atoms with E-state index in [2.05, 4.69) is 10.2 Å². The van der Waals surface area contributed by atoms with Gasteiger partial charge in [0.2, 0.25) is 5.91 Å². The zero-order valence-corrected chi connectivity index (χ0v) is 11.1. The Labute approximate surface area is 105 Å². The van der Waals surface area contributed by atoms with E-state index in [1.807, 2.05) is 7.05 Å². The SMILES string of the molecule is CNCC1CCCN(C(=O)CCC2CCC2)C1. The lowest BCUT2D eigenvalue weighted by Gasteiger charge is -2.33. The molecule has 3 heteroatoms. The van der Waals surface area contributed by atoms with Crippen molar-refractivity contribution >= 4 is 5.91 Å². The van der Waals surface area contributed by atoms with Gasteiger partial charge in [-0.2, -0.15) is 0 Å². The minimum Gasteiger partial charge on any atom is -0.342 e. The van der Waals surface area contributed by atoms with Gasteiger partial charge in [0, 0.05) is 19.5 Å². The van der Waals surface area contributed by atoms with Crippen LogP contribution in [-0.4, -0.2) is 37.5 Å². The number of likely N-dealkylation sites (tertiary alicyclic amines) is 1. The molecule has 98 valence electrons. The monoisotopic (exact) mass is 238 g/mol. The number of hydrogen-bond acceptors (Lipinski definition) is 2. The summed E-state index contributed by atoms with van der Waals surface area (Å²) in [6, 6.07) is 0. The van der Waals surface area contributed by atoms with Crippen LogP contribution in [0.25, 0.3) is 0 Å². The fourth-order valence-corrected chi connectivity index (χ4v) is 3.01. The third-order valence-corrected chi connectivity index (χ3v) is 4.36. The summed E-state index contributed by atoms with van der Waals surface area (Å²) in [5, 5.41) is 3.23. The van der Waals surface area contributed by atoms with Crippen molar-refractivity contribution < 1.29 is 4.79 Å². The standard InChI is InChI=1S/C14H26N2O/c1-15-10-13-6-3-9-16(11-13)14(17)8-7-12-4-2-5-12/h12-13,15H,2-11H2,1H3. The highest BCUT2D eigenvalue weighted by atomic mass is 16.2.